The molecule has 0 amide bonds. The van der Waals surface area contributed by atoms with Gasteiger partial charge in [-0.2, -0.15) is 0 Å². The second-order valence-corrected chi connectivity index (χ2v) is 30.0. The summed E-state index contributed by atoms with van der Waals surface area (Å²) in [6.45, 7) is 0. The lowest BCUT2D eigenvalue weighted by atomic mass is 9.67. The van der Waals surface area contributed by atoms with E-state index < -0.39 is 10.8 Å². The lowest BCUT2D eigenvalue weighted by Gasteiger charge is -2.33. The summed E-state index contributed by atoms with van der Waals surface area (Å²) < 4.78 is 4.70. The molecule has 0 N–H and O–H groups in total. The van der Waals surface area contributed by atoms with Crippen LogP contribution in [0.3, 0.4) is 0 Å². The second kappa shape index (κ2) is 27.9. The van der Waals surface area contributed by atoms with Crippen molar-refractivity contribution in [3.05, 3.63) is 475 Å². The van der Waals surface area contributed by atoms with Gasteiger partial charge in [-0.25, -0.2) is 24.9 Å². The van der Waals surface area contributed by atoms with Crippen molar-refractivity contribution in [2.75, 3.05) is 0 Å². The fraction of sp³-hybridized carbons (Fsp3) is 0.0183. The zero-order valence-corrected chi connectivity index (χ0v) is 63.1. The van der Waals surface area contributed by atoms with Gasteiger partial charge in [0.15, 0.2) is 17.5 Å². The van der Waals surface area contributed by atoms with Crippen LogP contribution in [0.25, 0.3) is 156 Å². The van der Waals surface area contributed by atoms with Crippen molar-refractivity contribution in [2.24, 2.45) is 0 Å². The van der Waals surface area contributed by atoms with E-state index in [9.17, 15) is 0 Å². The molecular formula is C109H71N7. The highest BCUT2D eigenvalue weighted by Gasteiger charge is 2.49. The van der Waals surface area contributed by atoms with Crippen molar-refractivity contribution in [3.63, 3.8) is 0 Å². The van der Waals surface area contributed by atoms with Crippen LogP contribution in [0.15, 0.2) is 431 Å². The Morgan fingerprint density at radius 2 is 0.578 bits per heavy atom. The molecule has 4 aromatic heterocycles. The molecule has 0 bridgehead atoms. The van der Waals surface area contributed by atoms with Gasteiger partial charge in [0.25, 0.3) is 0 Å². The van der Waals surface area contributed by atoms with Crippen LogP contribution in [-0.4, -0.2) is 34.1 Å². The van der Waals surface area contributed by atoms with Crippen molar-refractivity contribution in [1.82, 2.24) is 34.1 Å². The molecule has 2 aliphatic rings. The Hall–Kier alpha value is -15.3. The van der Waals surface area contributed by atoms with E-state index in [1.165, 1.54) is 111 Å². The Kier molecular flexibility index (Phi) is 16.2. The quantitative estimate of drug-likeness (QED) is 0.122. The first-order valence-corrected chi connectivity index (χ1v) is 39.6. The van der Waals surface area contributed by atoms with E-state index >= 15 is 0 Å². The van der Waals surface area contributed by atoms with E-state index in [0.717, 1.165) is 66.6 Å². The summed E-state index contributed by atoms with van der Waals surface area (Å²) in [5.74, 6) is 2.56. The number of nitrogens with zero attached hydrogens (tertiary/aromatic N) is 7. The molecule has 0 spiro atoms. The van der Waals surface area contributed by atoms with Crippen LogP contribution < -0.4 is 0 Å². The summed E-state index contributed by atoms with van der Waals surface area (Å²) in [5, 5.41) is 5.86. The van der Waals surface area contributed by atoms with Crippen molar-refractivity contribution in [1.29, 1.82) is 0 Å². The molecule has 7 nitrogen and oxygen atoms in total. The van der Waals surface area contributed by atoms with Crippen LogP contribution >= 0.6 is 0 Å². The lowest BCUT2D eigenvalue weighted by Crippen LogP contribution is -2.28. The normalized spacial score (nSPS) is 12.8. The number of hydrogen-bond acceptors (Lipinski definition) is 5. The predicted octanol–water partition coefficient (Wildman–Crippen LogP) is 26.4. The molecule has 0 saturated carbocycles. The molecule has 4 heterocycles. The molecule has 0 unspecified atom stereocenters. The van der Waals surface area contributed by atoms with Crippen LogP contribution in [0.1, 0.15) is 44.5 Å². The molecule has 0 aliphatic heterocycles. The maximum atomic E-state index is 5.43. The number of para-hydroxylation sites is 2. The summed E-state index contributed by atoms with van der Waals surface area (Å²) in [5.41, 5.74) is 30.1. The molecule has 116 heavy (non-hydrogen) atoms. The SMILES string of the molecule is c1ccc(-c2ccc(-c3nc(-n4c5ccccc5c5c6c(ccc54)C(c4ccccc4)(c4ccccc4)c4ccccc4-6)nc4ccccc34)cc2)cc1.c1ccc(-c2ccc3c(c2)c2c4c(ccc2n3-c2cccc(-c3nc(-c5ccccc5)nc(-c5ccccc5)n3)c2)C(c2ccccc2)(c2ccccc2)c2ccccc2-4)cc1. The van der Waals surface area contributed by atoms with E-state index in [0.29, 0.717) is 23.4 Å². The summed E-state index contributed by atoms with van der Waals surface area (Å²) in [4.78, 5) is 25.9. The number of fused-ring (bicyclic) bond motifs is 15. The molecule has 7 heteroatoms. The van der Waals surface area contributed by atoms with E-state index in [-0.39, 0.29) is 0 Å². The highest BCUT2D eigenvalue weighted by Crippen LogP contribution is 2.61. The van der Waals surface area contributed by atoms with Crippen molar-refractivity contribution in [2.45, 2.75) is 10.8 Å². The molecule has 0 atom stereocenters. The predicted molar refractivity (Wildman–Crippen MR) is 475 cm³/mol. The fourth-order valence-corrected chi connectivity index (χ4v) is 18.9. The van der Waals surface area contributed by atoms with Gasteiger partial charge in [0.1, 0.15) is 0 Å². The van der Waals surface area contributed by atoms with Gasteiger partial charge in [0.05, 0.1) is 44.1 Å². The van der Waals surface area contributed by atoms with E-state index in [1.54, 1.807) is 0 Å². The molecule has 21 aromatic rings. The minimum Gasteiger partial charge on any atom is -0.309 e. The largest absolute Gasteiger partial charge is 0.309 e. The van der Waals surface area contributed by atoms with E-state index in [1.807, 2.05) is 60.7 Å². The van der Waals surface area contributed by atoms with Gasteiger partial charge in [-0.05, 0) is 138 Å². The summed E-state index contributed by atoms with van der Waals surface area (Å²) in [6.07, 6.45) is 0. The minimum absolute atomic E-state index is 0.482. The molecule has 542 valence electrons. The van der Waals surface area contributed by atoms with Gasteiger partial charge >= 0.3 is 0 Å². The zero-order chi connectivity index (χ0) is 76.7. The second-order valence-electron chi connectivity index (χ2n) is 30.0. The Morgan fingerprint density at radius 3 is 1.10 bits per heavy atom. The van der Waals surface area contributed by atoms with Gasteiger partial charge in [-0.15, -0.1) is 0 Å². The van der Waals surface area contributed by atoms with Crippen LogP contribution in [0.4, 0.5) is 0 Å². The fourth-order valence-electron chi connectivity index (χ4n) is 18.9. The molecule has 0 radical (unpaired) electrons. The highest BCUT2D eigenvalue weighted by molar-refractivity contribution is 6.20. The maximum Gasteiger partial charge on any atom is 0.235 e. The van der Waals surface area contributed by atoms with Gasteiger partial charge in [-0.1, -0.05) is 382 Å². The van der Waals surface area contributed by atoms with Crippen molar-refractivity contribution < 1.29 is 0 Å². The topological polar surface area (TPSA) is 74.3 Å². The average molecular weight is 1480 g/mol. The van der Waals surface area contributed by atoms with Gasteiger partial charge in [0, 0.05) is 54.9 Å². The summed E-state index contributed by atoms with van der Waals surface area (Å²) in [6, 6.07) is 154. The Bertz CT molecular complexity index is 7200. The first kappa shape index (κ1) is 67.6. The van der Waals surface area contributed by atoms with Gasteiger partial charge in [0.2, 0.25) is 5.95 Å². The molecule has 2 aliphatic carbocycles. The standard InChI is InChI=1S/C58H38N4.C51H33N3/c1-6-19-39(20-7-1)42-33-35-51-48(38-42)54-52(36-34-50-53(54)47-31-16-17-32-49(47)58(50,44-26-12-4-13-27-44)45-28-14-5-15-29-45)62(51)46-30-18-25-43(37-46)57-60-55(40-21-8-2-9-22-40)59-56(61-57)41-23-10-3-11-24-41;1-4-16-34(17-5-1)35-28-30-36(31-29-35)49-40-23-11-14-26-44(40)52-50(53-49)54-45-27-15-12-24-41(45)48-46(54)33-32-43-47(48)39-22-10-13-25-42(39)51(43,37-18-6-2-7-19-37)38-20-8-3-9-21-38/h1-38H;1-33H. The van der Waals surface area contributed by atoms with Crippen molar-refractivity contribution >= 4 is 54.5 Å². The number of hydrogen-bond donors (Lipinski definition) is 0. The number of aromatic nitrogens is 7. The van der Waals surface area contributed by atoms with E-state index in [2.05, 4.69) is 379 Å². The molecule has 23 rings (SSSR count). The van der Waals surface area contributed by atoms with Crippen molar-refractivity contribution in [3.8, 4) is 102 Å². The van der Waals surface area contributed by atoms with Crippen LogP contribution in [-0.2, 0) is 10.8 Å². The Balaban J connectivity index is 0.000000142. The maximum absolute atomic E-state index is 5.43. The summed E-state index contributed by atoms with van der Waals surface area (Å²) >= 11 is 0. The third kappa shape index (κ3) is 10.8. The molecular weight excluding hydrogens is 1410 g/mol. The number of benzene rings is 17. The minimum atomic E-state index is -0.514. The monoisotopic (exact) mass is 1480 g/mol. The first-order valence-electron chi connectivity index (χ1n) is 39.6. The van der Waals surface area contributed by atoms with E-state index in [4.69, 9.17) is 24.9 Å². The highest BCUT2D eigenvalue weighted by atomic mass is 15.2. The average Bonchev–Trinajstić information content (AvgIpc) is 1.48. The van der Waals surface area contributed by atoms with Gasteiger partial charge < -0.3 is 4.57 Å². The van der Waals surface area contributed by atoms with Crippen LogP contribution in [0.5, 0.6) is 0 Å². The molecule has 0 saturated heterocycles. The number of rotatable bonds is 12. The smallest absolute Gasteiger partial charge is 0.235 e. The summed E-state index contributed by atoms with van der Waals surface area (Å²) in [7, 11) is 0. The lowest BCUT2D eigenvalue weighted by molar-refractivity contribution is 0.769. The van der Waals surface area contributed by atoms with Crippen LogP contribution in [0, 0.1) is 0 Å². The third-order valence-corrected chi connectivity index (χ3v) is 23.8. The molecule has 0 fully saturated rings. The van der Waals surface area contributed by atoms with Crippen LogP contribution in [0.2, 0.25) is 0 Å². The molecule has 17 aromatic carbocycles. The Labute approximate surface area is 671 Å². The van der Waals surface area contributed by atoms with Gasteiger partial charge in [-0.3, -0.25) is 4.57 Å². The third-order valence-electron chi connectivity index (χ3n) is 23.8. The Morgan fingerprint density at radius 1 is 0.207 bits per heavy atom. The zero-order valence-electron chi connectivity index (χ0n) is 63.1. The first-order chi connectivity index (χ1) is 57.6.